The summed E-state index contributed by atoms with van der Waals surface area (Å²) in [5.74, 6) is 0.857. The van der Waals surface area contributed by atoms with E-state index in [0.717, 1.165) is 34.3 Å². The molecule has 3 aromatic rings. The van der Waals surface area contributed by atoms with Crippen molar-refractivity contribution >= 4 is 22.6 Å². The SMILES string of the molecule is CC(C)(C)c1ccc2c(c1)OCCC2NC(=O)Nc1cccc2[nH]ncc12. The van der Waals surface area contributed by atoms with Gasteiger partial charge in [-0.3, -0.25) is 5.10 Å². The highest BCUT2D eigenvalue weighted by Gasteiger charge is 2.25. The van der Waals surface area contributed by atoms with Crippen LogP contribution in [-0.2, 0) is 5.41 Å². The third kappa shape index (κ3) is 3.47. The third-order valence-corrected chi connectivity index (χ3v) is 4.96. The number of carbonyl (C=O) groups excluding carboxylic acids is 1. The van der Waals surface area contributed by atoms with E-state index < -0.39 is 0 Å². The van der Waals surface area contributed by atoms with Crippen molar-refractivity contribution in [2.45, 2.75) is 38.6 Å². The number of fused-ring (bicyclic) bond motifs is 2. The Morgan fingerprint density at radius 3 is 2.93 bits per heavy atom. The van der Waals surface area contributed by atoms with Gasteiger partial charge >= 0.3 is 6.03 Å². The largest absolute Gasteiger partial charge is 0.493 e. The maximum absolute atomic E-state index is 12.6. The number of anilines is 1. The Balaban J connectivity index is 1.52. The molecule has 2 heterocycles. The molecule has 1 atom stereocenters. The number of nitrogens with zero attached hydrogens (tertiary/aromatic N) is 1. The Hall–Kier alpha value is -3.02. The molecule has 2 amide bonds. The van der Waals surface area contributed by atoms with E-state index in [1.807, 2.05) is 18.2 Å². The Morgan fingerprint density at radius 2 is 2.11 bits per heavy atom. The number of aromatic nitrogens is 2. The molecule has 1 aliphatic heterocycles. The highest BCUT2D eigenvalue weighted by atomic mass is 16.5. The fourth-order valence-corrected chi connectivity index (χ4v) is 3.40. The summed E-state index contributed by atoms with van der Waals surface area (Å²) < 4.78 is 5.85. The van der Waals surface area contributed by atoms with E-state index >= 15 is 0 Å². The predicted octanol–water partition coefficient (Wildman–Crippen LogP) is 4.51. The minimum atomic E-state index is -0.235. The molecule has 0 aliphatic carbocycles. The standard InChI is InChI=1S/C21H24N4O2/c1-21(2,3)13-7-8-14-17(9-10-27-19(14)11-13)24-20(26)23-16-5-4-6-18-15(16)12-22-25-18/h4-8,11-12,17H,9-10H2,1-3H3,(H,22,25)(H2,23,24,26). The zero-order chi connectivity index (χ0) is 19.0. The molecule has 4 rings (SSSR count). The van der Waals surface area contributed by atoms with Crippen LogP contribution < -0.4 is 15.4 Å². The molecular formula is C21H24N4O2. The van der Waals surface area contributed by atoms with Gasteiger partial charge < -0.3 is 15.4 Å². The smallest absolute Gasteiger partial charge is 0.319 e. The van der Waals surface area contributed by atoms with Gasteiger partial charge in [-0.25, -0.2) is 4.79 Å². The maximum Gasteiger partial charge on any atom is 0.319 e. The molecule has 0 fully saturated rings. The molecule has 1 aromatic heterocycles. The second-order valence-corrected chi connectivity index (χ2v) is 7.93. The second-order valence-electron chi connectivity index (χ2n) is 7.93. The van der Waals surface area contributed by atoms with E-state index in [9.17, 15) is 4.79 Å². The molecule has 27 heavy (non-hydrogen) atoms. The Bertz CT molecular complexity index is 987. The Morgan fingerprint density at radius 1 is 1.26 bits per heavy atom. The van der Waals surface area contributed by atoms with Crippen LogP contribution in [0, 0.1) is 0 Å². The first-order valence-corrected chi connectivity index (χ1v) is 9.19. The lowest BCUT2D eigenvalue weighted by Crippen LogP contribution is -2.35. The number of aromatic amines is 1. The van der Waals surface area contributed by atoms with Crippen LogP contribution in [0.25, 0.3) is 10.9 Å². The lowest BCUT2D eigenvalue weighted by atomic mass is 9.85. The fraction of sp³-hybridized carbons (Fsp3) is 0.333. The number of ether oxygens (including phenoxy) is 1. The van der Waals surface area contributed by atoms with Gasteiger partial charge in [0.25, 0.3) is 0 Å². The lowest BCUT2D eigenvalue weighted by Gasteiger charge is -2.29. The molecule has 0 radical (unpaired) electrons. The molecule has 3 N–H and O–H groups in total. The van der Waals surface area contributed by atoms with Crippen molar-refractivity contribution in [3.05, 3.63) is 53.7 Å². The zero-order valence-corrected chi connectivity index (χ0v) is 15.8. The van der Waals surface area contributed by atoms with Gasteiger partial charge in [-0.05, 0) is 29.2 Å². The summed E-state index contributed by atoms with van der Waals surface area (Å²) in [6.07, 6.45) is 2.45. The van der Waals surface area contributed by atoms with Crippen LogP contribution >= 0.6 is 0 Å². The summed E-state index contributed by atoms with van der Waals surface area (Å²) >= 11 is 0. The first-order valence-electron chi connectivity index (χ1n) is 9.19. The quantitative estimate of drug-likeness (QED) is 0.626. The number of rotatable bonds is 2. The summed E-state index contributed by atoms with van der Waals surface area (Å²) in [6.45, 7) is 7.12. The van der Waals surface area contributed by atoms with E-state index in [2.05, 4.69) is 59.8 Å². The fourth-order valence-electron chi connectivity index (χ4n) is 3.40. The van der Waals surface area contributed by atoms with E-state index in [1.54, 1.807) is 6.20 Å². The van der Waals surface area contributed by atoms with Crippen LogP contribution in [0.1, 0.15) is 44.4 Å². The van der Waals surface area contributed by atoms with Crippen molar-refractivity contribution in [2.75, 3.05) is 11.9 Å². The second kappa shape index (κ2) is 6.61. The van der Waals surface area contributed by atoms with E-state index in [1.165, 1.54) is 5.56 Å². The van der Waals surface area contributed by atoms with E-state index in [4.69, 9.17) is 4.74 Å². The molecule has 0 spiro atoms. The summed E-state index contributed by atoms with van der Waals surface area (Å²) in [5.41, 5.74) is 3.91. The summed E-state index contributed by atoms with van der Waals surface area (Å²) in [4.78, 5) is 12.6. The highest BCUT2D eigenvalue weighted by Crippen LogP contribution is 2.36. The lowest BCUT2D eigenvalue weighted by molar-refractivity contribution is 0.232. The van der Waals surface area contributed by atoms with Crippen LogP contribution in [0.5, 0.6) is 5.75 Å². The van der Waals surface area contributed by atoms with Crippen LogP contribution in [-0.4, -0.2) is 22.8 Å². The monoisotopic (exact) mass is 364 g/mol. The van der Waals surface area contributed by atoms with Crippen molar-refractivity contribution in [1.82, 2.24) is 15.5 Å². The number of hydrogen-bond donors (Lipinski definition) is 3. The van der Waals surface area contributed by atoms with Gasteiger partial charge in [0.05, 0.1) is 30.0 Å². The van der Waals surface area contributed by atoms with Crippen molar-refractivity contribution in [3.8, 4) is 5.75 Å². The molecule has 6 heteroatoms. The van der Waals surface area contributed by atoms with Gasteiger partial charge in [-0.1, -0.05) is 39.0 Å². The van der Waals surface area contributed by atoms with Crippen LogP contribution in [0.2, 0.25) is 0 Å². The molecule has 0 bridgehead atoms. The molecule has 1 aliphatic rings. The predicted molar refractivity (Wildman–Crippen MR) is 106 cm³/mol. The number of urea groups is 1. The minimum absolute atomic E-state index is 0.0550. The molecule has 140 valence electrons. The van der Waals surface area contributed by atoms with Crippen molar-refractivity contribution < 1.29 is 9.53 Å². The van der Waals surface area contributed by atoms with Gasteiger partial charge in [0.15, 0.2) is 0 Å². The summed E-state index contributed by atoms with van der Waals surface area (Å²) in [6, 6.07) is 11.6. The van der Waals surface area contributed by atoms with Crippen LogP contribution in [0.4, 0.5) is 10.5 Å². The van der Waals surface area contributed by atoms with Crippen molar-refractivity contribution in [3.63, 3.8) is 0 Å². The number of benzene rings is 2. The van der Waals surface area contributed by atoms with Gasteiger partial charge in [0.1, 0.15) is 5.75 Å². The van der Waals surface area contributed by atoms with Gasteiger partial charge in [0, 0.05) is 17.4 Å². The molecule has 1 unspecified atom stereocenters. The first kappa shape index (κ1) is 17.4. The van der Waals surface area contributed by atoms with Gasteiger partial charge in [-0.15, -0.1) is 0 Å². The molecule has 6 nitrogen and oxygen atoms in total. The van der Waals surface area contributed by atoms with Crippen molar-refractivity contribution in [1.29, 1.82) is 0 Å². The normalized spacial score (nSPS) is 16.5. The average molecular weight is 364 g/mol. The minimum Gasteiger partial charge on any atom is -0.493 e. The van der Waals surface area contributed by atoms with Gasteiger partial charge in [0.2, 0.25) is 0 Å². The maximum atomic E-state index is 12.6. The average Bonchev–Trinajstić information content (AvgIpc) is 3.10. The Kier molecular flexibility index (Phi) is 4.26. The Labute approximate surface area is 158 Å². The van der Waals surface area contributed by atoms with Gasteiger partial charge in [-0.2, -0.15) is 5.10 Å². The highest BCUT2D eigenvalue weighted by molar-refractivity contribution is 6.00. The number of hydrogen-bond acceptors (Lipinski definition) is 3. The molecule has 0 saturated heterocycles. The van der Waals surface area contributed by atoms with Crippen molar-refractivity contribution in [2.24, 2.45) is 0 Å². The van der Waals surface area contributed by atoms with Crippen LogP contribution in [0.3, 0.4) is 0 Å². The molecular weight excluding hydrogens is 340 g/mol. The third-order valence-electron chi connectivity index (χ3n) is 4.96. The zero-order valence-electron chi connectivity index (χ0n) is 15.8. The number of amides is 2. The number of H-pyrrole nitrogens is 1. The molecule has 2 aromatic carbocycles. The van der Waals surface area contributed by atoms with Crippen LogP contribution in [0.15, 0.2) is 42.6 Å². The first-order chi connectivity index (χ1) is 12.9. The van der Waals surface area contributed by atoms with E-state index in [0.29, 0.717) is 6.61 Å². The topological polar surface area (TPSA) is 79.0 Å². The summed E-state index contributed by atoms with van der Waals surface area (Å²) in [7, 11) is 0. The van der Waals surface area contributed by atoms with E-state index in [-0.39, 0.29) is 17.5 Å². The summed E-state index contributed by atoms with van der Waals surface area (Å²) in [5, 5.41) is 13.8. The molecule has 0 saturated carbocycles. The number of carbonyl (C=O) groups is 1. The number of nitrogens with one attached hydrogen (secondary N) is 3.